The van der Waals surface area contributed by atoms with E-state index in [1.165, 1.54) is 19.0 Å². The Morgan fingerprint density at radius 3 is 2.74 bits per heavy atom. The van der Waals surface area contributed by atoms with Gasteiger partial charge in [0.2, 0.25) is 0 Å². The lowest BCUT2D eigenvalue weighted by molar-refractivity contribution is 0.119. The Hall–Kier alpha value is -3.49. The van der Waals surface area contributed by atoms with E-state index in [2.05, 4.69) is 57.9 Å². The van der Waals surface area contributed by atoms with Crippen LogP contribution in [-0.4, -0.2) is 58.7 Å². The minimum atomic E-state index is -0.261. The average Bonchev–Trinajstić information content (AvgIpc) is 3.00. The van der Waals surface area contributed by atoms with Crippen LogP contribution in [0.2, 0.25) is 5.02 Å². The first-order valence-electron chi connectivity index (χ1n) is 15.0. The molecule has 5 heterocycles. The van der Waals surface area contributed by atoms with Gasteiger partial charge < -0.3 is 19.4 Å². The number of benzene rings is 2. The second-order valence-corrected chi connectivity index (χ2v) is 12.3. The monoisotopic (exact) mass is 586 g/mol. The number of ether oxygens (including phenoxy) is 1. The molecule has 2 aromatic heterocycles. The molecule has 9 heteroatoms. The lowest BCUT2D eigenvalue weighted by atomic mass is 9.95. The maximum absolute atomic E-state index is 14.9. The summed E-state index contributed by atoms with van der Waals surface area (Å²) in [6.45, 7) is 5.67. The van der Waals surface area contributed by atoms with E-state index in [1.54, 1.807) is 6.20 Å². The number of piperidine rings is 1. The molecular formula is C33H36ClFN6O. The molecule has 0 amide bonds. The number of fused-ring (bicyclic) bond motifs is 3. The zero-order chi connectivity index (χ0) is 28.8. The van der Waals surface area contributed by atoms with Crippen molar-refractivity contribution in [1.82, 2.24) is 19.9 Å². The molecule has 7 rings (SSSR count). The van der Waals surface area contributed by atoms with E-state index in [-0.39, 0.29) is 11.9 Å². The third kappa shape index (κ3) is 5.05. The van der Waals surface area contributed by atoms with Gasteiger partial charge in [-0.2, -0.15) is 9.97 Å². The van der Waals surface area contributed by atoms with Crippen LogP contribution < -0.4 is 14.5 Å². The van der Waals surface area contributed by atoms with Crippen molar-refractivity contribution in [2.45, 2.75) is 64.2 Å². The lowest BCUT2D eigenvalue weighted by Gasteiger charge is -2.39. The molecule has 0 aliphatic carbocycles. The van der Waals surface area contributed by atoms with E-state index < -0.39 is 0 Å². The van der Waals surface area contributed by atoms with Crippen LogP contribution >= 0.6 is 11.6 Å². The number of nitrogens with zero attached hydrogens (tertiary/aromatic N) is 6. The first-order chi connectivity index (χ1) is 20.5. The van der Waals surface area contributed by atoms with Crippen molar-refractivity contribution < 1.29 is 9.13 Å². The highest BCUT2D eigenvalue weighted by Crippen LogP contribution is 2.38. The molecule has 0 radical (unpaired) electrons. The molecule has 42 heavy (non-hydrogen) atoms. The van der Waals surface area contributed by atoms with E-state index >= 15 is 0 Å². The molecule has 2 atom stereocenters. The molecule has 0 saturated carbocycles. The fourth-order valence-corrected chi connectivity index (χ4v) is 7.13. The third-order valence-corrected chi connectivity index (χ3v) is 9.58. The van der Waals surface area contributed by atoms with Crippen LogP contribution in [-0.2, 0) is 25.9 Å². The van der Waals surface area contributed by atoms with Crippen LogP contribution in [0.15, 0.2) is 48.8 Å². The first-order valence-corrected chi connectivity index (χ1v) is 15.4. The number of hydrogen-bond acceptors (Lipinski definition) is 7. The lowest BCUT2D eigenvalue weighted by Crippen LogP contribution is -2.42. The molecule has 218 valence electrons. The van der Waals surface area contributed by atoms with Gasteiger partial charge in [0.1, 0.15) is 18.2 Å². The van der Waals surface area contributed by atoms with Crippen LogP contribution in [0.25, 0.3) is 10.8 Å². The van der Waals surface area contributed by atoms with Crippen molar-refractivity contribution in [3.63, 3.8) is 0 Å². The SMILES string of the molecule is C[C@H]1Cc2cncc(F)c2CN1c1nc(OC[C@@H]2CCCCN2C)nc2c1CCN(c1cccc3cccc(Cl)c13)C2. The van der Waals surface area contributed by atoms with Crippen molar-refractivity contribution in [3.8, 4) is 6.01 Å². The minimum Gasteiger partial charge on any atom is -0.462 e. The maximum atomic E-state index is 14.9. The summed E-state index contributed by atoms with van der Waals surface area (Å²) in [5.41, 5.74) is 4.84. The minimum absolute atomic E-state index is 0.132. The zero-order valence-corrected chi connectivity index (χ0v) is 24.9. The van der Waals surface area contributed by atoms with Crippen molar-refractivity contribution >= 4 is 33.9 Å². The maximum Gasteiger partial charge on any atom is 0.318 e. The summed E-state index contributed by atoms with van der Waals surface area (Å²) in [7, 11) is 2.16. The molecule has 3 aliphatic rings. The van der Waals surface area contributed by atoms with E-state index in [0.29, 0.717) is 43.7 Å². The Balaban J connectivity index is 1.26. The molecule has 0 spiro atoms. The van der Waals surface area contributed by atoms with Crippen LogP contribution in [0.1, 0.15) is 48.6 Å². The Labute approximate surface area is 251 Å². The largest absolute Gasteiger partial charge is 0.462 e. The highest BCUT2D eigenvalue weighted by atomic mass is 35.5. The number of likely N-dealkylation sites (tertiary alicyclic amines) is 1. The fraction of sp³-hybridized carbons (Fsp3) is 0.424. The van der Waals surface area contributed by atoms with Crippen molar-refractivity contribution in [2.75, 3.05) is 36.5 Å². The van der Waals surface area contributed by atoms with Gasteiger partial charge in [-0.3, -0.25) is 4.98 Å². The second kappa shape index (κ2) is 11.3. The van der Waals surface area contributed by atoms with Crippen LogP contribution in [0, 0.1) is 5.82 Å². The predicted molar refractivity (Wildman–Crippen MR) is 165 cm³/mol. The summed E-state index contributed by atoms with van der Waals surface area (Å²) in [6.07, 6.45) is 8.13. The Morgan fingerprint density at radius 1 is 1.02 bits per heavy atom. The van der Waals surface area contributed by atoms with Gasteiger partial charge in [0, 0.05) is 53.6 Å². The summed E-state index contributed by atoms with van der Waals surface area (Å²) < 4.78 is 21.3. The number of rotatable bonds is 5. The van der Waals surface area contributed by atoms with Crippen LogP contribution in [0.5, 0.6) is 6.01 Å². The highest BCUT2D eigenvalue weighted by Gasteiger charge is 2.32. The number of hydrogen-bond donors (Lipinski definition) is 0. The molecular weight excluding hydrogens is 551 g/mol. The van der Waals surface area contributed by atoms with Gasteiger partial charge >= 0.3 is 6.01 Å². The fourth-order valence-electron chi connectivity index (χ4n) is 6.85. The van der Waals surface area contributed by atoms with E-state index in [9.17, 15) is 4.39 Å². The average molecular weight is 587 g/mol. The summed E-state index contributed by atoms with van der Waals surface area (Å²) >= 11 is 6.71. The molecule has 1 fully saturated rings. The number of likely N-dealkylation sites (N-methyl/N-ethyl adjacent to an activating group) is 1. The quantitative estimate of drug-likeness (QED) is 0.276. The van der Waals surface area contributed by atoms with Gasteiger partial charge in [-0.1, -0.05) is 42.3 Å². The molecule has 0 unspecified atom stereocenters. The molecule has 1 saturated heterocycles. The topological polar surface area (TPSA) is 57.6 Å². The Kier molecular flexibility index (Phi) is 7.36. The van der Waals surface area contributed by atoms with Crippen molar-refractivity contribution in [1.29, 1.82) is 0 Å². The second-order valence-electron chi connectivity index (χ2n) is 11.9. The summed E-state index contributed by atoms with van der Waals surface area (Å²) in [5, 5.41) is 2.92. The number of pyridine rings is 1. The highest BCUT2D eigenvalue weighted by molar-refractivity contribution is 6.36. The summed E-state index contributed by atoms with van der Waals surface area (Å²) in [5.74, 6) is 0.597. The van der Waals surface area contributed by atoms with Crippen molar-refractivity contribution in [3.05, 3.63) is 82.0 Å². The van der Waals surface area contributed by atoms with Crippen LogP contribution in [0.4, 0.5) is 15.9 Å². The van der Waals surface area contributed by atoms with Gasteiger partial charge in [0.15, 0.2) is 0 Å². The molecule has 0 N–H and O–H groups in total. The van der Waals surface area contributed by atoms with E-state index in [0.717, 1.165) is 70.1 Å². The summed E-state index contributed by atoms with van der Waals surface area (Å²) in [4.78, 5) is 21.1. The van der Waals surface area contributed by atoms with Crippen molar-refractivity contribution in [2.24, 2.45) is 0 Å². The van der Waals surface area contributed by atoms with Gasteiger partial charge in [0.05, 0.1) is 23.5 Å². The predicted octanol–water partition coefficient (Wildman–Crippen LogP) is 6.19. The van der Waals surface area contributed by atoms with Gasteiger partial charge in [-0.05, 0) is 69.3 Å². The van der Waals surface area contributed by atoms with Gasteiger partial charge in [-0.15, -0.1) is 0 Å². The van der Waals surface area contributed by atoms with Gasteiger partial charge in [0.25, 0.3) is 0 Å². The molecule has 3 aliphatic heterocycles. The van der Waals surface area contributed by atoms with Crippen LogP contribution in [0.3, 0.4) is 0 Å². The third-order valence-electron chi connectivity index (χ3n) is 9.26. The standard InChI is InChI=1S/C33H36ClFN6O/c1-21-15-23-16-36-17-28(35)26(23)18-41(21)32-25-12-14-40(30-11-6-8-22-7-5-10-27(34)31(22)30)19-29(25)37-33(38-32)42-20-24-9-3-4-13-39(24)2/h5-8,10-11,16-17,21,24H,3-4,9,12-15,18-20H2,1-2H3/t21-,24-/m0/s1. The van der Waals surface area contributed by atoms with E-state index in [4.69, 9.17) is 26.3 Å². The van der Waals surface area contributed by atoms with E-state index in [1.807, 2.05) is 12.1 Å². The number of aromatic nitrogens is 3. The number of halogens is 2. The Bertz CT molecular complexity index is 1630. The molecule has 0 bridgehead atoms. The zero-order valence-electron chi connectivity index (χ0n) is 24.2. The summed E-state index contributed by atoms with van der Waals surface area (Å²) in [6, 6.07) is 13.2. The molecule has 4 aromatic rings. The molecule has 7 nitrogen and oxygen atoms in total. The first kappa shape index (κ1) is 27.3. The smallest absolute Gasteiger partial charge is 0.318 e. The van der Waals surface area contributed by atoms with Gasteiger partial charge in [-0.25, -0.2) is 4.39 Å². The molecule has 2 aromatic carbocycles. The number of anilines is 2. The Morgan fingerprint density at radius 2 is 1.88 bits per heavy atom. The normalized spacial score (nSPS) is 20.9.